The average Bonchev–Trinajstić information content (AvgIpc) is 2.92. The summed E-state index contributed by atoms with van der Waals surface area (Å²) < 4.78 is 0. The van der Waals surface area contributed by atoms with Crippen LogP contribution in [0.5, 0.6) is 0 Å². The van der Waals surface area contributed by atoms with Crippen LogP contribution in [-0.4, -0.2) is 10.7 Å². The SMILES string of the molecule is CCCC1CCC(O)(C2CC2)CC1. The van der Waals surface area contributed by atoms with Gasteiger partial charge in [-0.2, -0.15) is 0 Å². The van der Waals surface area contributed by atoms with Crippen LogP contribution >= 0.6 is 0 Å². The highest BCUT2D eigenvalue weighted by Crippen LogP contribution is 2.48. The summed E-state index contributed by atoms with van der Waals surface area (Å²) in [5, 5.41) is 10.3. The molecule has 1 N–H and O–H groups in total. The van der Waals surface area contributed by atoms with E-state index >= 15 is 0 Å². The Balaban J connectivity index is 1.81. The van der Waals surface area contributed by atoms with Gasteiger partial charge in [0.05, 0.1) is 5.60 Å². The number of rotatable bonds is 3. The highest BCUT2D eigenvalue weighted by Gasteiger charge is 2.45. The molecule has 0 radical (unpaired) electrons. The van der Waals surface area contributed by atoms with Gasteiger partial charge in [-0.15, -0.1) is 0 Å². The molecule has 2 aliphatic carbocycles. The molecule has 1 nitrogen and oxygen atoms in total. The zero-order valence-electron chi connectivity index (χ0n) is 8.76. The first-order valence-electron chi connectivity index (χ1n) is 5.97. The molecule has 2 saturated carbocycles. The molecule has 1 heteroatoms. The van der Waals surface area contributed by atoms with E-state index < -0.39 is 0 Å². The van der Waals surface area contributed by atoms with Crippen LogP contribution in [0, 0.1) is 11.8 Å². The topological polar surface area (TPSA) is 20.2 Å². The summed E-state index contributed by atoms with van der Waals surface area (Å²) in [5.41, 5.74) is -0.232. The van der Waals surface area contributed by atoms with Crippen LogP contribution in [0.4, 0.5) is 0 Å². The minimum Gasteiger partial charge on any atom is -0.390 e. The molecule has 0 amide bonds. The molecule has 0 atom stereocenters. The van der Waals surface area contributed by atoms with Gasteiger partial charge in [0.25, 0.3) is 0 Å². The monoisotopic (exact) mass is 182 g/mol. The molecule has 2 rings (SSSR count). The highest BCUT2D eigenvalue weighted by atomic mass is 16.3. The van der Waals surface area contributed by atoms with Gasteiger partial charge in [-0.1, -0.05) is 19.8 Å². The summed E-state index contributed by atoms with van der Waals surface area (Å²) in [6, 6.07) is 0. The summed E-state index contributed by atoms with van der Waals surface area (Å²) in [7, 11) is 0. The van der Waals surface area contributed by atoms with Gasteiger partial charge >= 0.3 is 0 Å². The summed E-state index contributed by atoms with van der Waals surface area (Å²) in [6.07, 6.45) is 9.99. The quantitative estimate of drug-likeness (QED) is 0.711. The lowest BCUT2D eigenvalue weighted by Gasteiger charge is -2.36. The zero-order chi connectivity index (χ0) is 9.31. The van der Waals surface area contributed by atoms with Crippen molar-refractivity contribution in [3.63, 3.8) is 0 Å². The standard InChI is InChI=1S/C12H22O/c1-2-3-10-6-8-12(13,9-7-10)11-4-5-11/h10-11,13H,2-9H2,1H3. The maximum Gasteiger partial charge on any atom is 0.0676 e. The van der Waals surface area contributed by atoms with Crippen LogP contribution in [0.15, 0.2) is 0 Å². The smallest absolute Gasteiger partial charge is 0.0676 e. The Morgan fingerprint density at radius 3 is 2.23 bits per heavy atom. The van der Waals surface area contributed by atoms with Crippen LogP contribution in [0.2, 0.25) is 0 Å². The van der Waals surface area contributed by atoms with Crippen molar-refractivity contribution in [3.05, 3.63) is 0 Å². The number of aliphatic hydroxyl groups is 1. The molecule has 0 saturated heterocycles. The van der Waals surface area contributed by atoms with Gasteiger partial charge in [-0.3, -0.25) is 0 Å². The van der Waals surface area contributed by atoms with Gasteiger partial charge in [0, 0.05) is 0 Å². The van der Waals surface area contributed by atoms with Crippen molar-refractivity contribution >= 4 is 0 Å². The maximum absolute atomic E-state index is 10.3. The van der Waals surface area contributed by atoms with Crippen LogP contribution in [-0.2, 0) is 0 Å². The van der Waals surface area contributed by atoms with Gasteiger partial charge in [0.2, 0.25) is 0 Å². The molecule has 0 bridgehead atoms. The van der Waals surface area contributed by atoms with Crippen molar-refractivity contribution in [2.45, 2.75) is 63.9 Å². The maximum atomic E-state index is 10.3. The fourth-order valence-electron chi connectivity index (χ4n) is 2.90. The van der Waals surface area contributed by atoms with E-state index in [1.54, 1.807) is 0 Å². The van der Waals surface area contributed by atoms with Crippen LogP contribution < -0.4 is 0 Å². The molecule has 0 aromatic heterocycles. The minimum atomic E-state index is -0.232. The van der Waals surface area contributed by atoms with E-state index in [9.17, 15) is 5.11 Å². The van der Waals surface area contributed by atoms with Crippen molar-refractivity contribution in [2.75, 3.05) is 0 Å². The van der Waals surface area contributed by atoms with E-state index in [2.05, 4.69) is 6.92 Å². The average molecular weight is 182 g/mol. The lowest BCUT2D eigenvalue weighted by Crippen LogP contribution is -2.36. The van der Waals surface area contributed by atoms with Crippen molar-refractivity contribution in [1.82, 2.24) is 0 Å². The predicted molar refractivity (Wildman–Crippen MR) is 54.5 cm³/mol. The molecular formula is C12H22O. The van der Waals surface area contributed by atoms with Gasteiger partial charge in [0.1, 0.15) is 0 Å². The largest absolute Gasteiger partial charge is 0.390 e. The van der Waals surface area contributed by atoms with Crippen molar-refractivity contribution < 1.29 is 5.11 Å². The third kappa shape index (κ3) is 2.07. The Labute approximate surface area is 81.5 Å². The molecular weight excluding hydrogens is 160 g/mol. The molecule has 0 unspecified atom stereocenters. The zero-order valence-corrected chi connectivity index (χ0v) is 8.76. The number of hydrogen-bond acceptors (Lipinski definition) is 1. The van der Waals surface area contributed by atoms with Crippen LogP contribution in [0.1, 0.15) is 58.3 Å². The Morgan fingerprint density at radius 2 is 1.77 bits per heavy atom. The second-order valence-corrected chi connectivity index (χ2v) is 5.11. The lowest BCUT2D eigenvalue weighted by atomic mass is 9.75. The Bertz CT molecular complexity index is 164. The van der Waals surface area contributed by atoms with Gasteiger partial charge < -0.3 is 5.11 Å². The molecule has 0 aliphatic heterocycles. The van der Waals surface area contributed by atoms with E-state index in [0.29, 0.717) is 5.92 Å². The highest BCUT2D eigenvalue weighted by molar-refractivity contribution is 4.97. The van der Waals surface area contributed by atoms with Crippen molar-refractivity contribution in [2.24, 2.45) is 11.8 Å². The first-order chi connectivity index (χ1) is 6.24. The lowest BCUT2D eigenvalue weighted by molar-refractivity contribution is -0.0297. The molecule has 0 aromatic carbocycles. The normalized spacial score (nSPS) is 40.6. The second kappa shape index (κ2) is 3.61. The first kappa shape index (κ1) is 9.51. The summed E-state index contributed by atoms with van der Waals surface area (Å²) in [6.45, 7) is 2.27. The third-order valence-electron chi connectivity index (χ3n) is 4.01. The summed E-state index contributed by atoms with van der Waals surface area (Å²) in [5.74, 6) is 1.60. The van der Waals surface area contributed by atoms with Crippen LogP contribution in [0.3, 0.4) is 0 Å². The fraction of sp³-hybridized carbons (Fsp3) is 1.00. The Kier molecular flexibility index (Phi) is 2.64. The second-order valence-electron chi connectivity index (χ2n) is 5.11. The Hall–Kier alpha value is -0.0400. The van der Waals surface area contributed by atoms with E-state index in [4.69, 9.17) is 0 Å². The molecule has 2 aliphatic rings. The van der Waals surface area contributed by atoms with Gasteiger partial charge in [0.15, 0.2) is 0 Å². The van der Waals surface area contributed by atoms with E-state index in [1.165, 1.54) is 38.5 Å². The van der Waals surface area contributed by atoms with E-state index in [1.807, 2.05) is 0 Å². The molecule has 0 heterocycles. The van der Waals surface area contributed by atoms with Crippen molar-refractivity contribution in [1.29, 1.82) is 0 Å². The molecule has 76 valence electrons. The minimum absolute atomic E-state index is 0.232. The molecule has 0 aromatic rings. The van der Waals surface area contributed by atoms with Crippen molar-refractivity contribution in [3.8, 4) is 0 Å². The number of hydrogen-bond donors (Lipinski definition) is 1. The Morgan fingerprint density at radius 1 is 1.15 bits per heavy atom. The molecule has 0 spiro atoms. The van der Waals surface area contributed by atoms with Crippen LogP contribution in [0.25, 0.3) is 0 Å². The first-order valence-corrected chi connectivity index (χ1v) is 5.97. The van der Waals surface area contributed by atoms with Gasteiger partial charge in [-0.25, -0.2) is 0 Å². The summed E-state index contributed by atoms with van der Waals surface area (Å²) in [4.78, 5) is 0. The third-order valence-corrected chi connectivity index (χ3v) is 4.01. The van der Waals surface area contributed by atoms with Gasteiger partial charge in [-0.05, 0) is 50.4 Å². The fourth-order valence-corrected chi connectivity index (χ4v) is 2.90. The van der Waals surface area contributed by atoms with E-state index in [-0.39, 0.29) is 5.60 Å². The summed E-state index contributed by atoms with van der Waals surface area (Å²) >= 11 is 0. The predicted octanol–water partition coefficient (Wildman–Crippen LogP) is 3.12. The van der Waals surface area contributed by atoms with E-state index in [0.717, 1.165) is 18.8 Å². The molecule has 13 heavy (non-hydrogen) atoms. The molecule has 2 fully saturated rings.